The van der Waals surface area contributed by atoms with Crippen LogP contribution in [0.5, 0.6) is 0 Å². The molecule has 1 unspecified atom stereocenters. The Bertz CT molecular complexity index is 937. The third-order valence-corrected chi connectivity index (χ3v) is 6.77. The van der Waals surface area contributed by atoms with E-state index in [1.807, 2.05) is 6.07 Å². The Morgan fingerprint density at radius 2 is 2.04 bits per heavy atom. The fourth-order valence-electron chi connectivity index (χ4n) is 3.19. The number of halogens is 1. The Labute approximate surface area is 164 Å². The molecule has 0 amide bonds. The first-order valence-corrected chi connectivity index (χ1v) is 9.65. The summed E-state index contributed by atoms with van der Waals surface area (Å²) in [6, 6.07) is 5.92. The number of rotatable bonds is 4. The molecule has 1 aromatic heterocycles. The normalized spacial score (nSPS) is 17.9. The van der Waals surface area contributed by atoms with Crippen LogP contribution < -0.4 is 5.32 Å². The number of nitro benzene ring substituents is 1. The highest BCUT2D eigenvalue weighted by molar-refractivity contribution is 7.89. The van der Waals surface area contributed by atoms with Gasteiger partial charge in [0.2, 0.25) is 0 Å². The van der Waals surface area contributed by atoms with Crippen molar-refractivity contribution in [3.8, 4) is 0 Å². The van der Waals surface area contributed by atoms with Gasteiger partial charge in [-0.1, -0.05) is 12.1 Å². The summed E-state index contributed by atoms with van der Waals surface area (Å²) in [5.41, 5.74) is 1.46. The van der Waals surface area contributed by atoms with Crippen LogP contribution in [0.3, 0.4) is 0 Å². The second-order valence-corrected chi connectivity index (χ2v) is 8.06. The standard InChI is InChI=1S/C17H20N4O4S.ClH/c1-12-5-6-15(21(22)23)17(13(12)2)26(24,25)20-9-8-19-11-16(20)14-4-3-7-18-10-14;/h3-7,10,16,19H,8-9,11H2,1-2H3;1H. The number of aromatic nitrogens is 1. The van der Waals surface area contributed by atoms with Crippen molar-refractivity contribution in [1.82, 2.24) is 14.6 Å². The van der Waals surface area contributed by atoms with Crippen LogP contribution in [-0.2, 0) is 10.0 Å². The molecule has 1 saturated heterocycles. The average molecular weight is 413 g/mol. The highest BCUT2D eigenvalue weighted by atomic mass is 35.5. The van der Waals surface area contributed by atoms with Gasteiger partial charge < -0.3 is 5.32 Å². The van der Waals surface area contributed by atoms with Gasteiger partial charge in [-0.2, -0.15) is 4.31 Å². The number of nitrogens with zero attached hydrogens (tertiary/aromatic N) is 3. The summed E-state index contributed by atoms with van der Waals surface area (Å²) in [6.45, 7) is 4.48. The Hall–Kier alpha value is -2.07. The van der Waals surface area contributed by atoms with Crippen LogP contribution in [-0.4, -0.2) is 42.3 Å². The van der Waals surface area contributed by atoms with E-state index in [0.29, 0.717) is 24.2 Å². The molecule has 0 spiro atoms. The van der Waals surface area contributed by atoms with Crippen LogP contribution >= 0.6 is 12.4 Å². The number of aryl methyl sites for hydroxylation is 1. The molecule has 2 heterocycles. The Morgan fingerprint density at radius 3 is 2.67 bits per heavy atom. The smallest absolute Gasteiger partial charge is 0.289 e. The molecule has 1 aliphatic rings. The number of piperazine rings is 1. The summed E-state index contributed by atoms with van der Waals surface area (Å²) in [6.07, 6.45) is 3.24. The van der Waals surface area contributed by atoms with E-state index in [9.17, 15) is 18.5 Å². The van der Waals surface area contributed by atoms with Crippen LogP contribution in [0.25, 0.3) is 0 Å². The van der Waals surface area contributed by atoms with Gasteiger partial charge in [-0.15, -0.1) is 12.4 Å². The van der Waals surface area contributed by atoms with Gasteiger partial charge in [0.1, 0.15) is 0 Å². The predicted molar refractivity (Wildman–Crippen MR) is 104 cm³/mol. The fraction of sp³-hybridized carbons (Fsp3) is 0.353. The summed E-state index contributed by atoms with van der Waals surface area (Å²) in [7, 11) is -4.06. The van der Waals surface area contributed by atoms with Crippen LogP contribution in [0.1, 0.15) is 22.7 Å². The van der Waals surface area contributed by atoms with E-state index in [2.05, 4.69) is 10.3 Å². The van der Waals surface area contributed by atoms with Crippen molar-refractivity contribution < 1.29 is 13.3 Å². The van der Waals surface area contributed by atoms with E-state index in [4.69, 9.17) is 0 Å². The van der Waals surface area contributed by atoms with Gasteiger partial charge in [-0.05, 0) is 36.6 Å². The first-order chi connectivity index (χ1) is 12.3. The monoisotopic (exact) mass is 412 g/mol. The van der Waals surface area contributed by atoms with Crippen molar-refractivity contribution in [1.29, 1.82) is 0 Å². The maximum Gasteiger partial charge on any atom is 0.289 e. The lowest BCUT2D eigenvalue weighted by molar-refractivity contribution is -0.388. The number of nitro groups is 1. The second-order valence-electron chi connectivity index (χ2n) is 6.23. The molecule has 0 bridgehead atoms. The highest BCUT2D eigenvalue weighted by Crippen LogP contribution is 2.35. The number of benzene rings is 1. The molecule has 0 radical (unpaired) electrons. The average Bonchev–Trinajstić information content (AvgIpc) is 2.64. The van der Waals surface area contributed by atoms with Gasteiger partial charge in [0, 0.05) is 38.1 Å². The van der Waals surface area contributed by atoms with Gasteiger partial charge in [0.25, 0.3) is 15.7 Å². The highest BCUT2D eigenvalue weighted by Gasteiger charge is 2.39. The number of nitrogens with one attached hydrogen (secondary N) is 1. The fourth-order valence-corrected chi connectivity index (χ4v) is 5.25. The minimum Gasteiger partial charge on any atom is -0.313 e. The summed E-state index contributed by atoms with van der Waals surface area (Å²) < 4.78 is 28.2. The van der Waals surface area contributed by atoms with E-state index in [0.717, 1.165) is 5.56 Å². The van der Waals surface area contributed by atoms with Crippen LogP contribution in [0, 0.1) is 24.0 Å². The molecule has 1 aromatic carbocycles. The van der Waals surface area contributed by atoms with Gasteiger partial charge in [-0.3, -0.25) is 15.1 Å². The third-order valence-electron chi connectivity index (χ3n) is 4.68. The van der Waals surface area contributed by atoms with Gasteiger partial charge in [-0.25, -0.2) is 8.42 Å². The number of hydrogen-bond donors (Lipinski definition) is 1. The molecule has 1 fully saturated rings. The molecule has 1 atom stereocenters. The molecule has 1 aliphatic heterocycles. The van der Waals surface area contributed by atoms with Crippen molar-refractivity contribution in [2.24, 2.45) is 0 Å². The zero-order chi connectivity index (χ0) is 18.9. The molecule has 27 heavy (non-hydrogen) atoms. The van der Waals surface area contributed by atoms with Crippen molar-refractivity contribution in [3.05, 3.63) is 63.5 Å². The quantitative estimate of drug-likeness (QED) is 0.610. The van der Waals surface area contributed by atoms with E-state index in [1.165, 1.54) is 10.4 Å². The zero-order valence-corrected chi connectivity index (χ0v) is 16.6. The number of pyridine rings is 1. The lowest BCUT2D eigenvalue weighted by Gasteiger charge is -2.35. The van der Waals surface area contributed by atoms with Gasteiger partial charge >= 0.3 is 0 Å². The molecule has 10 heteroatoms. The largest absolute Gasteiger partial charge is 0.313 e. The topological polar surface area (TPSA) is 105 Å². The Kier molecular flexibility index (Phi) is 6.53. The summed E-state index contributed by atoms with van der Waals surface area (Å²) in [5, 5.41) is 14.6. The van der Waals surface area contributed by atoms with Gasteiger partial charge in [0.15, 0.2) is 4.90 Å². The maximum atomic E-state index is 13.4. The summed E-state index contributed by atoms with van der Waals surface area (Å²) in [4.78, 5) is 14.7. The first-order valence-electron chi connectivity index (χ1n) is 8.21. The van der Waals surface area contributed by atoms with Crippen LogP contribution in [0.15, 0.2) is 41.6 Å². The first kappa shape index (κ1) is 21.2. The molecular weight excluding hydrogens is 392 g/mol. The van der Waals surface area contributed by atoms with E-state index < -0.39 is 26.7 Å². The lowest BCUT2D eigenvalue weighted by Crippen LogP contribution is -2.48. The molecule has 8 nitrogen and oxygen atoms in total. The molecule has 0 aliphatic carbocycles. The molecule has 3 rings (SSSR count). The molecule has 2 aromatic rings. The molecule has 0 saturated carbocycles. The predicted octanol–water partition coefficient (Wildman–Crippen LogP) is 2.36. The van der Waals surface area contributed by atoms with E-state index >= 15 is 0 Å². The van der Waals surface area contributed by atoms with E-state index in [1.54, 1.807) is 38.4 Å². The molecular formula is C17H21ClN4O4S. The van der Waals surface area contributed by atoms with Crippen LogP contribution in [0.4, 0.5) is 5.69 Å². The van der Waals surface area contributed by atoms with Crippen molar-refractivity contribution in [2.75, 3.05) is 19.6 Å². The van der Waals surface area contributed by atoms with Crippen molar-refractivity contribution in [3.63, 3.8) is 0 Å². The molecule has 1 N–H and O–H groups in total. The van der Waals surface area contributed by atoms with Gasteiger partial charge in [0.05, 0.1) is 11.0 Å². The number of hydrogen-bond acceptors (Lipinski definition) is 6. The maximum absolute atomic E-state index is 13.4. The Balaban J connectivity index is 0.00000261. The summed E-state index contributed by atoms with van der Waals surface area (Å²) in [5.74, 6) is 0. The third kappa shape index (κ3) is 3.96. The SMILES string of the molecule is Cc1ccc([N+](=O)[O-])c(S(=O)(=O)N2CCNCC2c2cccnc2)c1C.Cl. The lowest BCUT2D eigenvalue weighted by atomic mass is 10.1. The summed E-state index contributed by atoms with van der Waals surface area (Å²) >= 11 is 0. The minimum absolute atomic E-state index is 0. The minimum atomic E-state index is -4.06. The van der Waals surface area contributed by atoms with Crippen LogP contribution in [0.2, 0.25) is 0 Å². The van der Waals surface area contributed by atoms with Crippen molar-refractivity contribution >= 4 is 28.1 Å². The Morgan fingerprint density at radius 1 is 1.30 bits per heavy atom. The molecule has 146 valence electrons. The van der Waals surface area contributed by atoms with Crippen molar-refractivity contribution in [2.45, 2.75) is 24.8 Å². The zero-order valence-electron chi connectivity index (χ0n) is 15.0. The second kappa shape index (κ2) is 8.30. The number of sulfonamides is 1. The van der Waals surface area contributed by atoms with E-state index in [-0.39, 0.29) is 23.8 Å².